The lowest BCUT2D eigenvalue weighted by molar-refractivity contribution is 0.597. The Morgan fingerprint density at radius 2 is 0.791 bits per heavy atom. The molecule has 20 rings (SSSR count). The van der Waals surface area contributed by atoms with Gasteiger partial charge in [0.2, 0.25) is 0 Å². The molecule has 0 radical (unpaired) electrons. The molecule has 0 saturated heterocycles. The van der Waals surface area contributed by atoms with Crippen molar-refractivity contribution in [2.45, 2.75) is 108 Å². The normalized spacial score (nSPS) is 16.9. The van der Waals surface area contributed by atoms with Gasteiger partial charge in [0.15, 0.2) is 0 Å². The van der Waals surface area contributed by atoms with Gasteiger partial charge in [-0.1, -0.05) is 250 Å². The highest BCUT2D eigenvalue weighted by atomic mass is 16.3. The molecule has 2 aromatic heterocycles. The molecule has 0 N–H and O–H groups in total. The average Bonchev–Trinajstić information content (AvgIpc) is 1.52. The van der Waals surface area contributed by atoms with E-state index < -0.39 is 5.41 Å². The molecule has 12 aromatic carbocycles. The monoisotopic (exact) mass is 1170 g/mol. The van der Waals surface area contributed by atoms with Crippen LogP contribution in [0.4, 0.5) is 0 Å². The summed E-state index contributed by atoms with van der Waals surface area (Å²) in [6.07, 6.45) is 2.86. The van der Waals surface area contributed by atoms with E-state index in [2.05, 4.69) is 280 Å². The molecular formula is C89H68O2. The minimum atomic E-state index is -0.419. The molecule has 2 heteroatoms. The summed E-state index contributed by atoms with van der Waals surface area (Å²) < 4.78 is 13.6. The fourth-order valence-corrected chi connectivity index (χ4v) is 19.6. The molecule has 6 aliphatic carbocycles. The zero-order valence-electron chi connectivity index (χ0n) is 52.9. The molecule has 0 fully saturated rings. The maximum absolute atomic E-state index is 7.05. The molecule has 6 aliphatic rings. The van der Waals surface area contributed by atoms with Crippen LogP contribution in [0.5, 0.6) is 0 Å². The van der Waals surface area contributed by atoms with E-state index in [0.29, 0.717) is 0 Å². The highest BCUT2D eigenvalue weighted by molar-refractivity contribution is 6.21. The van der Waals surface area contributed by atoms with Crippen LogP contribution >= 0.6 is 0 Å². The Labute approximate surface area is 531 Å². The second-order valence-corrected chi connectivity index (χ2v) is 29.6. The summed E-state index contributed by atoms with van der Waals surface area (Å²) in [7, 11) is 0. The smallest absolute Gasteiger partial charge is 0.144 e. The van der Waals surface area contributed by atoms with Crippen LogP contribution in [-0.2, 0) is 39.9 Å². The molecule has 2 nitrogen and oxygen atoms in total. The summed E-state index contributed by atoms with van der Waals surface area (Å²) in [5.74, 6) is 0.217. The van der Waals surface area contributed by atoms with E-state index in [1.807, 2.05) is 0 Å². The van der Waals surface area contributed by atoms with Crippen LogP contribution < -0.4 is 0 Å². The Hall–Kier alpha value is -9.76. The summed E-state index contributed by atoms with van der Waals surface area (Å²) >= 11 is 0. The van der Waals surface area contributed by atoms with Crippen molar-refractivity contribution in [2.24, 2.45) is 0 Å². The number of hydrogen-bond acceptors (Lipinski definition) is 2. The molecule has 1 spiro atoms. The van der Waals surface area contributed by atoms with Crippen molar-refractivity contribution in [1.29, 1.82) is 0 Å². The van der Waals surface area contributed by atoms with E-state index >= 15 is 0 Å². The Kier molecular flexibility index (Phi) is 9.94. The molecule has 1 unspecified atom stereocenters. The largest absolute Gasteiger partial charge is 0.456 e. The fourth-order valence-electron chi connectivity index (χ4n) is 19.6. The summed E-state index contributed by atoms with van der Waals surface area (Å²) in [5, 5.41) is 4.88. The summed E-state index contributed by atoms with van der Waals surface area (Å²) in [4.78, 5) is 0. The van der Waals surface area contributed by atoms with Crippen molar-refractivity contribution in [1.82, 2.24) is 0 Å². The van der Waals surface area contributed by atoms with Crippen molar-refractivity contribution in [3.63, 3.8) is 0 Å². The minimum Gasteiger partial charge on any atom is -0.456 e. The Morgan fingerprint density at radius 3 is 1.51 bits per heavy atom. The van der Waals surface area contributed by atoms with Gasteiger partial charge in [-0.2, -0.15) is 0 Å². The van der Waals surface area contributed by atoms with Gasteiger partial charge >= 0.3 is 0 Å². The second kappa shape index (κ2) is 17.4. The third-order valence-corrected chi connectivity index (χ3v) is 23.8. The van der Waals surface area contributed by atoms with E-state index in [9.17, 15) is 0 Å². The molecular weight excluding hydrogens is 1100 g/mol. The topological polar surface area (TPSA) is 26.3 Å². The highest BCUT2D eigenvalue weighted by Crippen LogP contribution is 2.66. The standard InChI is InChI=1S/C89H68O2/c1-85(2)68-41-42-76-78(60-25-13-19-31-74(60)90-76)77(68)63-48-71-62(47-72(63)85)57-38-35-50(45-69(57)86(71,3)4)43-51(52-37-40-56-55-23-11-18-30-67(55)89(73(56)46-52)65-28-16-9-21-53(65)54-22-10-17-29-66(54)89)36-33-49-34-39-59-70(44-49)88(7,8)82-79(59)80-61-26-14-20-32-75(61)91-84(80)81-58-24-12-15-27-64(58)87(5,6)83(81)82/h9-32,34-35,37-42,44-48,51H,33,36,43H2,1-8H3. The Balaban J connectivity index is 0.724. The maximum atomic E-state index is 7.05. The average molecular weight is 1170 g/mol. The first-order chi connectivity index (χ1) is 44.1. The first-order valence-electron chi connectivity index (χ1n) is 33.1. The number of furan rings is 2. The zero-order chi connectivity index (χ0) is 61.0. The molecule has 0 bridgehead atoms. The predicted octanol–water partition coefficient (Wildman–Crippen LogP) is 23.0. The molecule has 14 aromatic rings. The quantitative estimate of drug-likeness (QED) is 0.166. The third kappa shape index (κ3) is 6.39. The van der Waals surface area contributed by atoms with Crippen molar-refractivity contribution < 1.29 is 8.83 Å². The van der Waals surface area contributed by atoms with Crippen molar-refractivity contribution in [2.75, 3.05) is 0 Å². The number of rotatable bonds is 6. The van der Waals surface area contributed by atoms with Gasteiger partial charge in [-0.25, -0.2) is 0 Å². The number of para-hydroxylation sites is 2. The lowest BCUT2D eigenvalue weighted by atomic mass is 9.70. The molecule has 436 valence electrons. The van der Waals surface area contributed by atoms with Gasteiger partial charge in [0, 0.05) is 48.8 Å². The number of benzene rings is 12. The lowest BCUT2D eigenvalue weighted by Crippen LogP contribution is -2.26. The van der Waals surface area contributed by atoms with Crippen LogP contribution in [0.2, 0.25) is 0 Å². The fraction of sp³-hybridized carbons (Fsp3) is 0.191. The van der Waals surface area contributed by atoms with Crippen molar-refractivity contribution in [3.8, 4) is 66.8 Å². The Morgan fingerprint density at radius 1 is 0.308 bits per heavy atom. The number of hydrogen-bond donors (Lipinski definition) is 0. The van der Waals surface area contributed by atoms with Crippen LogP contribution in [0.3, 0.4) is 0 Å². The summed E-state index contributed by atoms with van der Waals surface area (Å²) in [6.45, 7) is 19.6. The predicted molar refractivity (Wildman–Crippen MR) is 375 cm³/mol. The van der Waals surface area contributed by atoms with Crippen LogP contribution in [0.1, 0.15) is 151 Å². The third-order valence-electron chi connectivity index (χ3n) is 23.8. The molecule has 1 atom stereocenters. The summed E-state index contributed by atoms with van der Waals surface area (Å²) in [6, 6.07) is 86.5. The van der Waals surface area contributed by atoms with Gasteiger partial charge in [0.25, 0.3) is 0 Å². The minimum absolute atomic E-state index is 0.173. The van der Waals surface area contributed by atoms with Crippen LogP contribution in [0.15, 0.2) is 233 Å². The van der Waals surface area contributed by atoms with Gasteiger partial charge in [0.05, 0.1) is 5.41 Å². The zero-order valence-corrected chi connectivity index (χ0v) is 52.9. The second-order valence-electron chi connectivity index (χ2n) is 29.6. The van der Waals surface area contributed by atoms with Gasteiger partial charge in [-0.05, 0) is 200 Å². The molecule has 91 heavy (non-hydrogen) atoms. The SMILES string of the molecule is CC1(C)c2cc(CC(CCc3ccc4c(c3)C(C)(C)c3c5c(c6oc7ccccc7c6c3-4)-c3ccccc3C5(C)C)c3ccc4c(c3)C3(c5ccccc5-c5ccccc53)c3ccccc3-4)ccc2-c2cc3c(cc21)-c1c(ccc2oc4ccccc4c12)C3(C)C. The number of fused-ring (bicyclic) bond motifs is 32. The molecule has 0 saturated carbocycles. The summed E-state index contributed by atoms with van der Waals surface area (Å²) in [5.41, 5.74) is 39.7. The van der Waals surface area contributed by atoms with Crippen LogP contribution in [0.25, 0.3) is 111 Å². The number of aryl methyl sites for hydroxylation is 1. The molecule has 0 amide bonds. The van der Waals surface area contributed by atoms with E-state index in [-0.39, 0.29) is 27.6 Å². The van der Waals surface area contributed by atoms with Gasteiger partial charge < -0.3 is 8.83 Å². The van der Waals surface area contributed by atoms with E-state index in [0.717, 1.165) is 41.6 Å². The molecule has 2 heterocycles. The lowest BCUT2D eigenvalue weighted by Gasteiger charge is -2.31. The van der Waals surface area contributed by atoms with Crippen LogP contribution in [0, 0.1) is 0 Å². The Bertz CT molecular complexity index is 5580. The van der Waals surface area contributed by atoms with E-state index in [1.165, 1.54) is 172 Å². The van der Waals surface area contributed by atoms with E-state index in [1.54, 1.807) is 0 Å². The van der Waals surface area contributed by atoms with Gasteiger partial charge in [-0.15, -0.1) is 0 Å². The van der Waals surface area contributed by atoms with Crippen molar-refractivity contribution >= 4 is 43.9 Å². The van der Waals surface area contributed by atoms with E-state index in [4.69, 9.17) is 8.83 Å². The van der Waals surface area contributed by atoms with Gasteiger partial charge in [-0.3, -0.25) is 0 Å². The first-order valence-corrected chi connectivity index (χ1v) is 33.1. The first kappa shape index (κ1) is 52.1. The van der Waals surface area contributed by atoms with Crippen LogP contribution in [-0.4, -0.2) is 0 Å². The van der Waals surface area contributed by atoms with Gasteiger partial charge in [0.1, 0.15) is 22.3 Å². The maximum Gasteiger partial charge on any atom is 0.144 e. The molecule has 0 aliphatic heterocycles. The van der Waals surface area contributed by atoms with Crippen molar-refractivity contribution in [3.05, 3.63) is 308 Å². The highest BCUT2D eigenvalue weighted by Gasteiger charge is 2.53.